The largest absolute Gasteiger partial charge is 0.207 e. The lowest BCUT2D eigenvalue weighted by molar-refractivity contribution is 0.491. The van der Waals surface area contributed by atoms with E-state index in [-0.39, 0.29) is 11.5 Å². The molecule has 1 aliphatic rings. The Balaban J connectivity index is 1.88. The van der Waals surface area contributed by atoms with E-state index in [0.717, 1.165) is 32.1 Å². The van der Waals surface area contributed by atoms with Gasteiger partial charge in [-0.05, 0) is 72.9 Å². The van der Waals surface area contributed by atoms with Crippen molar-refractivity contribution in [2.75, 3.05) is 0 Å². The van der Waals surface area contributed by atoms with Crippen molar-refractivity contribution in [2.24, 2.45) is 0 Å². The van der Waals surface area contributed by atoms with Gasteiger partial charge in [0.2, 0.25) is 0 Å². The molecule has 126 valence electrons. The molecule has 0 bridgehead atoms. The van der Waals surface area contributed by atoms with Crippen molar-refractivity contribution >= 4 is 6.08 Å². The van der Waals surface area contributed by atoms with Gasteiger partial charge >= 0.3 is 0 Å². The predicted molar refractivity (Wildman–Crippen MR) is 96.3 cm³/mol. The van der Waals surface area contributed by atoms with Crippen molar-refractivity contribution in [3.63, 3.8) is 0 Å². The van der Waals surface area contributed by atoms with Crippen LogP contribution < -0.4 is 0 Å². The summed E-state index contributed by atoms with van der Waals surface area (Å²) in [5, 5.41) is 0. The topological polar surface area (TPSA) is 0 Å². The molecule has 0 spiro atoms. The van der Waals surface area contributed by atoms with Gasteiger partial charge in [0.1, 0.15) is 11.6 Å². The number of allylic oxidation sites excluding steroid dienone is 1. The van der Waals surface area contributed by atoms with Crippen LogP contribution in [0, 0.1) is 11.6 Å². The lowest BCUT2D eigenvalue weighted by atomic mass is 9.79. The smallest absolute Gasteiger partial charge is 0.130 e. The Morgan fingerprint density at radius 2 is 1.83 bits per heavy atom. The van der Waals surface area contributed by atoms with Crippen LogP contribution in [0.3, 0.4) is 0 Å². The normalized spacial score (nSPS) is 17.2. The number of fused-ring (bicyclic) bond motifs is 1. The highest BCUT2D eigenvalue weighted by molar-refractivity contribution is 5.51. The first kappa shape index (κ1) is 16.9. The van der Waals surface area contributed by atoms with Gasteiger partial charge in [-0.3, -0.25) is 0 Å². The second-order valence-electron chi connectivity index (χ2n) is 6.69. The van der Waals surface area contributed by atoms with E-state index in [4.69, 9.17) is 0 Å². The van der Waals surface area contributed by atoms with Gasteiger partial charge in [0.05, 0.1) is 0 Å². The fraction of sp³-hybridized carbons (Fsp3) is 0.364. The molecule has 3 rings (SSSR count). The van der Waals surface area contributed by atoms with E-state index in [1.165, 1.54) is 28.8 Å². The van der Waals surface area contributed by atoms with Gasteiger partial charge < -0.3 is 0 Å². The minimum atomic E-state index is -0.417. The Bertz CT molecular complexity index is 736. The van der Waals surface area contributed by atoms with Crippen molar-refractivity contribution in [3.8, 4) is 0 Å². The summed E-state index contributed by atoms with van der Waals surface area (Å²) in [5.74, 6) is -0.910. The fourth-order valence-electron chi connectivity index (χ4n) is 3.78. The van der Waals surface area contributed by atoms with Crippen molar-refractivity contribution in [1.29, 1.82) is 0 Å². The standard InChI is InChI=1S/C22H24F2/c1-3-5-15-7-8-18-14-19(10-9-17(18)11-15)22-20(23)12-16(6-4-2)13-21(22)24/h4,6-8,11-13,19H,3,5,9-10,14H2,1-2H3/b6-4+. The predicted octanol–water partition coefficient (Wildman–Crippen LogP) is 6.22. The van der Waals surface area contributed by atoms with Crippen LogP contribution in [-0.2, 0) is 19.3 Å². The molecule has 0 fully saturated rings. The lowest BCUT2D eigenvalue weighted by Crippen LogP contribution is -2.16. The highest BCUT2D eigenvalue weighted by Gasteiger charge is 2.25. The molecule has 2 heteroatoms. The Morgan fingerprint density at radius 3 is 2.50 bits per heavy atom. The third-order valence-electron chi connectivity index (χ3n) is 4.91. The molecule has 0 nitrogen and oxygen atoms in total. The Morgan fingerprint density at radius 1 is 1.08 bits per heavy atom. The number of hydrogen-bond acceptors (Lipinski definition) is 0. The second kappa shape index (κ2) is 7.29. The number of rotatable bonds is 4. The van der Waals surface area contributed by atoms with Crippen LogP contribution >= 0.6 is 0 Å². The molecule has 24 heavy (non-hydrogen) atoms. The van der Waals surface area contributed by atoms with Crippen LogP contribution in [0.4, 0.5) is 8.78 Å². The maximum absolute atomic E-state index is 14.5. The minimum absolute atomic E-state index is 0.0748. The van der Waals surface area contributed by atoms with Crippen LogP contribution in [0.2, 0.25) is 0 Å². The van der Waals surface area contributed by atoms with Crippen molar-refractivity contribution < 1.29 is 8.78 Å². The lowest BCUT2D eigenvalue weighted by Gasteiger charge is -2.26. The summed E-state index contributed by atoms with van der Waals surface area (Å²) in [7, 11) is 0. The summed E-state index contributed by atoms with van der Waals surface area (Å²) in [4.78, 5) is 0. The first-order valence-corrected chi connectivity index (χ1v) is 8.84. The minimum Gasteiger partial charge on any atom is -0.207 e. The molecule has 1 atom stereocenters. The number of aryl methyl sites for hydroxylation is 2. The van der Waals surface area contributed by atoms with E-state index in [1.807, 2.05) is 6.92 Å². The maximum Gasteiger partial charge on any atom is 0.130 e. The summed E-state index contributed by atoms with van der Waals surface area (Å²) in [5.41, 5.74) is 4.79. The van der Waals surface area contributed by atoms with Crippen LogP contribution in [0.15, 0.2) is 36.4 Å². The zero-order chi connectivity index (χ0) is 17.1. The van der Waals surface area contributed by atoms with E-state index in [0.29, 0.717) is 5.56 Å². The second-order valence-corrected chi connectivity index (χ2v) is 6.69. The van der Waals surface area contributed by atoms with Crippen molar-refractivity contribution in [3.05, 3.63) is 75.9 Å². The van der Waals surface area contributed by atoms with Gasteiger partial charge in [-0.15, -0.1) is 0 Å². The molecule has 0 saturated carbocycles. The molecule has 0 N–H and O–H groups in total. The molecule has 1 aliphatic carbocycles. The summed E-state index contributed by atoms with van der Waals surface area (Å²) in [6.45, 7) is 4.02. The van der Waals surface area contributed by atoms with Gasteiger partial charge in [0, 0.05) is 5.56 Å². The third-order valence-corrected chi connectivity index (χ3v) is 4.91. The maximum atomic E-state index is 14.5. The van der Waals surface area contributed by atoms with Gasteiger partial charge in [0.25, 0.3) is 0 Å². The Labute approximate surface area is 143 Å². The first-order valence-electron chi connectivity index (χ1n) is 8.84. The Kier molecular flexibility index (Phi) is 5.13. The van der Waals surface area contributed by atoms with Crippen LogP contribution in [-0.4, -0.2) is 0 Å². The zero-order valence-electron chi connectivity index (χ0n) is 14.4. The van der Waals surface area contributed by atoms with Gasteiger partial charge in [-0.1, -0.05) is 43.7 Å². The van der Waals surface area contributed by atoms with Crippen LogP contribution in [0.25, 0.3) is 6.08 Å². The first-order chi connectivity index (χ1) is 11.6. The molecular formula is C22H24F2. The van der Waals surface area contributed by atoms with Gasteiger partial charge in [0.15, 0.2) is 0 Å². The highest BCUT2D eigenvalue weighted by Crippen LogP contribution is 2.36. The molecule has 1 unspecified atom stereocenters. The van der Waals surface area contributed by atoms with E-state index in [1.54, 1.807) is 12.2 Å². The van der Waals surface area contributed by atoms with Crippen LogP contribution in [0.1, 0.15) is 60.4 Å². The number of hydrogen-bond donors (Lipinski definition) is 0. The highest BCUT2D eigenvalue weighted by atomic mass is 19.1. The zero-order valence-corrected chi connectivity index (χ0v) is 14.4. The molecule has 0 saturated heterocycles. The fourth-order valence-corrected chi connectivity index (χ4v) is 3.78. The van der Waals surface area contributed by atoms with E-state index >= 15 is 0 Å². The average Bonchev–Trinajstić information content (AvgIpc) is 2.55. The quantitative estimate of drug-likeness (QED) is 0.625. The number of halogens is 2. The van der Waals surface area contributed by atoms with E-state index in [2.05, 4.69) is 25.1 Å². The van der Waals surface area contributed by atoms with Gasteiger partial charge in [-0.2, -0.15) is 0 Å². The molecular weight excluding hydrogens is 302 g/mol. The van der Waals surface area contributed by atoms with Crippen molar-refractivity contribution in [1.82, 2.24) is 0 Å². The molecule has 0 aliphatic heterocycles. The summed E-state index contributed by atoms with van der Waals surface area (Å²) in [6.07, 6.45) is 8.16. The number of benzene rings is 2. The molecule has 0 radical (unpaired) electrons. The third kappa shape index (κ3) is 3.43. The monoisotopic (exact) mass is 326 g/mol. The van der Waals surface area contributed by atoms with E-state index < -0.39 is 11.6 Å². The molecule has 0 amide bonds. The average molecular weight is 326 g/mol. The van der Waals surface area contributed by atoms with Gasteiger partial charge in [-0.25, -0.2) is 8.78 Å². The van der Waals surface area contributed by atoms with Crippen LogP contribution in [0.5, 0.6) is 0 Å². The molecule has 2 aromatic rings. The SMILES string of the molecule is C/C=C/c1cc(F)c(C2CCc3cc(CCC)ccc3C2)c(F)c1. The Hall–Kier alpha value is -1.96. The summed E-state index contributed by atoms with van der Waals surface area (Å²) < 4.78 is 29.0. The summed E-state index contributed by atoms with van der Waals surface area (Å²) in [6, 6.07) is 9.47. The summed E-state index contributed by atoms with van der Waals surface area (Å²) >= 11 is 0. The van der Waals surface area contributed by atoms with Crippen molar-refractivity contribution in [2.45, 2.75) is 51.9 Å². The van der Waals surface area contributed by atoms with E-state index in [9.17, 15) is 8.78 Å². The molecule has 0 aromatic heterocycles. The molecule has 0 heterocycles. The molecule has 2 aromatic carbocycles.